The minimum atomic E-state index is -0.662. The number of hydrogen-bond acceptors (Lipinski definition) is 7. The Bertz CT molecular complexity index is 1260. The van der Waals surface area contributed by atoms with Crippen LogP contribution in [0.3, 0.4) is 0 Å². The Balaban J connectivity index is 1.72. The lowest BCUT2D eigenvalue weighted by atomic mass is 10.1. The lowest BCUT2D eigenvalue weighted by Crippen LogP contribution is -2.04. The highest BCUT2D eigenvalue weighted by atomic mass is 32.1. The van der Waals surface area contributed by atoms with Gasteiger partial charge < -0.3 is 9.73 Å². The van der Waals surface area contributed by atoms with Gasteiger partial charge in [-0.2, -0.15) is 0 Å². The third-order valence-corrected chi connectivity index (χ3v) is 4.95. The van der Waals surface area contributed by atoms with Crippen LogP contribution in [0.4, 0.5) is 16.5 Å². The number of benzene rings is 2. The predicted octanol–water partition coefficient (Wildman–Crippen LogP) is 5.19. The first-order valence-corrected chi connectivity index (χ1v) is 9.31. The van der Waals surface area contributed by atoms with Gasteiger partial charge in [-0.1, -0.05) is 18.2 Å². The molecular weight excluding hydrogens is 378 g/mol. The van der Waals surface area contributed by atoms with Crippen LogP contribution in [0, 0.1) is 24.0 Å². The third kappa shape index (κ3) is 3.37. The van der Waals surface area contributed by atoms with Crippen molar-refractivity contribution in [2.45, 2.75) is 13.8 Å². The van der Waals surface area contributed by atoms with Gasteiger partial charge in [0, 0.05) is 22.5 Å². The van der Waals surface area contributed by atoms with E-state index in [0.29, 0.717) is 16.2 Å². The molecular formula is C20H15N3O4S. The van der Waals surface area contributed by atoms with Crippen molar-refractivity contribution in [2.24, 2.45) is 0 Å². The zero-order valence-electron chi connectivity index (χ0n) is 15.1. The standard InChI is InChI=1S/C20H15N3O4S/c1-11-6-12(2)8-14(7-11)21-20-22-16(10-28-20)15-9-13-4-3-5-17(23(25)26)18(13)27-19(15)24/h3-10H,1-2H3,(H,21,22). The van der Waals surface area contributed by atoms with Gasteiger partial charge in [0.05, 0.1) is 16.2 Å². The highest BCUT2D eigenvalue weighted by Gasteiger charge is 2.18. The van der Waals surface area contributed by atoms with Crippen molar-refractivity contribution in [3.63, 3.8) is 0 Å². The van der Waals surface area contributed by atoms with E-state index in [0.717, 1.165) is 16.8 Å². The maximum absolute atomic E-state index is 12.4. The number of hydrogen-bond donors (Lipinski definition) is 1. The van der Waals surface area contributed by atoms with Crippen molar-refractivity contribution in [1.82, 2.24) is 4.98 Å². The monoisotopic (exact) mass is 393 g/mol. The zero-order valence-corrected chi connectivity index (χ0v) is 15.9. The van der Waals surface area contributed by atoms with Gasteiger partial charge >= 0.3 is 11.3 Å². The second-order valence-corrected chi connectivity index (χ2v) is 7.30. The van der Waals surface area contributed by atoms with E-state index in [1.807, 2.05) is 26.0 Å². The van der Waals surface area contributed by atoms with E-state index in [4.69, 9.17) is 4.42 Å². The van der Waals surface area contributed by atoms with Gasteiger partial charge in [-0.05, 0) is 43.2 Å². The molecule has 1 N–H and O–H groups in total. The van der Waals surface area contributed by atoms with Gasteiger partial charge in [0.2, 0.25) is 5.58 Å². The molecule has 0 amide bonds. The van der Waals surface area contributed by atoms with Gasteiger partial charge in [-0.15, -0.1) is 11.3 Å². The SMILES string of the molecule is Cc1cc(C)cc(Nc2nc(-c3cc4cccc([N+](=O)[O-])c4oc3=O)cs2)c1. The molecule has 0 aliphatic heterocycles. The van der Waals surface area contributed by atoms with E-state index in [9.17, 15) is 14.9 Å². The van der Waals surface area contributed by atoms with Crippen molar-refractivity contribution in [2.75, 3.05) is 5.32 Å². The van der Waals surface area contributed by atoms with Crippen LogP contribution in [0.15, 0.2) is 57.1 Å². The van der Waals surface area contributed by atoms with E-state index in [-0.39, 0.29) is 16.8 Å². The second kappa shape index (κ2) is 6.90. The fourth-order valence-corrected chi connectivity index (χ4v) is 3.81. The Kier molecular flexibility index (Phi) is 4.40. The molecule has 2 heterocycles. The summed E-state index contributed by atoms with van der Waals surface area (Å²) in [5, 5.41) is 17.2. The molecule has 0 aliphatic rings. The van der Waals surface area contributed by atoms with Crippen molar-refractivity contribution in [3.8, 4) is 11.3 Å². The molecule has 0 fully saturated rings. The smallest absolute Gasteiger partial charge is 0.346 e. The summed E-state index contributed by atoms with van der Waals surface area (Å²) in [7, 11) is 0. The van der Waals surface area contributed by atoms with Crippen LogP contribution in [0.5, 0.6) is 0 Å². The van der Waals surface area contributed by atoms with Crippen LogP contribution < -0.4 is 10.9 Å². The average molecular weight is 393 g/mol. The predicted molar refractivity (Wildman–Crippen MR) is 109 cm³/mol. The van der Waals surface area contributed by atoms with Crippen LogP contribution in [-0.4, -0.2) is 9.91 Å². The molecule has 4 aromatic rings. The summed E-state index contributed by atoms with van der Waals surface area (Å²) in [6.07, 6.45) is 0. The summed E-state index contributed by atoms with van der Waals surface area (Å²) in [6, 6.07) is 12.2. The molecule has 28 heavy (non-hydrogen) atoms. The fourth-order valence-electron chi connectivity index (χ4n) is 3.08. The second-order valence-electron chi connectivity index (χ2n) is 6.44. The van der Waals surface area contributed by atoms with Crippen LogP contribution in [0.25, 0.3) is 22.2 Å². The van der Waals surface area contributed by atoms with Crippen molar-refractivity contribution < 1.29 is 9.34 Å². The average Bonchev–Trinajstić information content (AvgIpc) is 3.07. The molecule has 0 saturated carbocycles. The number of thiazole rings is 1. The molecule has 2 aromatic heterocycles. The fraction of sp³-hybridized carbons (Fsp3) is 0.100. The maximum atomic E-state index is 12.4. The van der Waals surface area contributed by atoms with Crippen molar-refractivity contribution in [1.29, 1.82) is 0 Å². The first kappa shape index (κ1) is 17.9. The van der Waals surface area contributed by atoms with Gasteiger partial charge in [0.15, 0.2) is 5.13 Å². The van der Waals surface area contributed by atoms with Gasteiger partial charge in [0.25, 0.3) is 0 Å². The number of non-ortho nitro benzene ring substituents is 1. The van der Waals surface area contributed by atoms with E-state index in [1.54, 1.807) is 23.6 Å². The molecule has 0 saturated heterocycles. The lowest BCUT2D eigenvalue weighted by molar-refractivity contribution is -0.383. The Morgan fingerprint density at radius 3 is 2.61 bits per heavy atom. The summed E-state index contributed by atoms with van der Waals surface area (Å²) >= 11 is 1.36. The van der Waals surface area contributed by atoms with Crippen LogP contribution in [0.2, 0.25) is 0 Å². The molecule has 140 valence electrons. The molecule has 0 radical (unpaired) electrons. The topological polar surface area (TPSA) is 98.3 Å². The summed E-state index contributed by atoms with van der Waals surface area (Å²) in [4.78, 5) is 27.5. The largest absolute Gasteiger partial charge is 0.415 e. The summed E-state index contributed by atoms with van der Waals surface area (Å²) < 4.78 is 5.25. The molecule has 0 bridgehead atoms. The number of aryl methyl sites for hydroxylation is 2. The highest BCUT2D eigenvalue weighted by molar-refractivity contribution is 7.14. The number of fused-ring (bicyclic) bond motifs is 1. The number of rotatable bonds is 4. The Morgan fingerprint density at radius 2 is 1.89 bits per heavy atom. The maximum Gasteiger partial charge on any atom is 0.346 e. The van der Waals surface area contributed by atoms with Crippen LogP contribution in [0.1, 0.15) is 11.1 Å². The van der Waals surface area contributed by atoms with E-state index >= 15 is 0 Å². The zero-order chi connectivity index (χ0) is 19.8. The third-order valence-electron chi connectivity index (χ3n) is 4.19. The molecule has 0 atom stereocenters. The molecule has 0 spiro atoms. The minimum Gasteiger partial charge on any atom is -0.415 e. The van der Waals surface area contributed by atoms with E-state index in [2.05, 4.69) is 16.4 Å². The molecule has 4 rings (SSSR count). The Morgan fingerprint density at radius 1 is 1.14 bits per heavy atom. The number of nitro groups is 1. The lowest BCUT2D eigenvalue weighted by Gasteiger charge is -2.05. The summed E-state index contributed by atoms with van der Waals surface area (Å²) in [6.45, 7) is 4.04. The van der Waals surface area contributed by atoms with E-state index < -0.39 is 10.5 Å². The van der Waals surface area contributed by atoms with Gasteiger partial charge in [-0.3, -0.25) is 10.1 Å². The Hall–Kier alpha value is -3.52. The normalized spacial score (nSPS) is 10.9. The molecule has 0 unspecified atom stereocenters. The van der Waals surface area contributed by atoms with Crippen LogP contribution in [-0.2, 0) is 0 Å². The van der Waals surface area contributed by atoms with Gasteiger partial charge in [0.1, 0.15) is 0 Å². The van der Waals surface area contributed by atoms with Crippen LogP contribution >= 0.6 is 11.3 Å². The molecule has 7 nitrogen and oxygen atoms in total. The van der Waals surface area contributed by atoms with Crippen molar-refractivity contribution >= 4 is 38.8 Å². The summed E-state index contributed by atoms with van der Waals surface area (Å²) in [5.41, 5.74) is 2.97. The quantitative estimate of drug-likeness (QED) is 0.291. The van der Waals surface area contributed by atoms with Crippen molar-refractivity contribution in [3.05, 3.63) is 79.5 Å². The molecule has 2 aromatic carbocycles. The molecule has 8 heteroatoms. The number of nitro benzene ring substituents is 1. The Labute approximate surface area is 163 Å². The minimum absolute atomic E-state index is 0.0370. The number of aromatic nitrogens is 1. The van der Waals surface area contributed by atoms with E-state index in [1.165, 1.54) is 17.4 Å². The first-order valence-electron chi connectivity index (χ1n) is 8.43. The number of anilines is 2. The number of para-hydroxylation sites is 1. The highest BCUT2D eigenvalue weighted by Crippen LogP contribution is 2.30. The molecule has 0 aliphatic carbocycles. The van der Waals surface area contributed by atoms with Gasteiger partial charge in [-0.25, -0.2) is 9.78 Å². The number of nitrogens with one attached hydrogen (secondary N) is 1. The first-order chi connectivity index (χ1) is 13.4. The number of nitrogens with zero attached hydrogens (tertiary/aromatic N) is 2. The summed E-state index contributed by atoms with van der Waals surface area (Å²) in [5.74, 6) is 0.